The van der Waals surface area contributed by atoms with Crippen molar-refractivity contribution < 1.29 is 14.0 Å². The third kappa shape index (κ3) is 4.52. The van der Waals surface area contributed by atoms with Crippen molar-refractivity contribution >= 4 is 22.8 Å². The van der Waals surface area contributed by atoms with Crippen LogP contribution in [0.1, 0.15) is 63.0 Å². The molecule has 0 saturated heterocycles. The second-order valence-corrected chi connectivity index (χ2v) is 7.74. The number of fused-ring (bicyclic) bond motifs is 1. The summed E-state index contributed by atoms with van der Waals surface area (Å²) >= 11 is 0. The van der Waals surface area contributed by atoms with Crippen molar-refractivity contribution in [3.63, 3.8) is 0 Å². The van der Waals surface area contributed by atoms with E-state index in [4.69, 9.17) is 4.42 Å². The van der Waals surface area contributed by atoms with Crippen LogP contribution in [-0.4, -0.2) is 23.9 Å². The third-order valence-corrected chi connectivity index (χ3v) is 5.50. The highest BCUT2D eigenvalue weighted by molar-refractivity contribution is 5.93. The molecule has 0 bridgehead atoms. The highest BCUT2D eigenvalue weighted by Gasteiger charge is 2.40. The van der Waals surface area contributed by atoms with Crippen LogP contribution in [0, 0.1) is 6.92 Å². The lowest BCUT2D eigenvalue weighted by atomic mass is 9.80. The lowest BCUT2D eigenvalue weighted by molar-refractivity contribution is -0.134. The van der Waals surface area contributed by atoms with Gasteiger partial charge >= 0.3 is 0 Å². The van der Waals surface area contributed by atoms with E-state index in [-0.39, 0.29) is 18.2 Å². The predicted molar refractivity (Wildman–Crippen MR) is 107 cm³/mol. The van der Waals surface area contributed by atoms with Crippen LogP contribution in [0.25, 0.3) is 11.0 Å². The number of unbranched alkanes of at least 4 members (excludes halogenated alkanes) is 1. The summed E-state index contributed by atoms with van der Waals surface area (Å²) in [6.07, 6.45) is 8.34. The molecule has 1 heterocycles. The van der Waals surface area contributed by atoms with Crippen LogP contribution >= 0.6 is 0 Å². The molecule has 27 heavy (non-hydrogen) atoms. The zero-order chi connectivity index (χ0) is 19.3. The number of aryl methyl sites for hydroxylation is 1. The van der Waals surface area contributed by atoms with E-state index in [9.17, 15) is 9.59 Å². The van der Waals surface area contributed by atoms with Gasteiger partial charge in [0.25, 0.3) is 0 Å². The molecule has 0 aliphatic heterocycles. The lowest BCUT2D eigenvalue weighted by Crippen LogP contribution is -2.60. The number of amides is 2. The Morgan fingerprint density at radius 1 is 1.19 bits per heavy atom. The average Bonchev–Trinajstić information content (AvgIpc) is 3.04. The van der Waals surface area contributed by atoms with Gasteiger partial charge < -0.3 is 15.1 Å². The van der Waals surface area contributed by atoms with Crippen molar-refractivity contribution in [2.75, 3.05) is 6.54 Å². The molecule has 1 saturated carbocycles. The van der Waals surface area contributed by atoms with Crippen molar-refractivity contribution in [2.24, 2.45) is 0 Å². The molecule has 146 valence electrons. The number of carbonyl (C=O) groups excluding carboxylic acids is 2. The Bertz CT molecular complexity index is 803. The molecule has 1 fully saturated rings. The van der Waals surface area contributed by atoms with E-state index in [1.807, 2.05) is 25.1 Å². The SMILES string of the molecule is CCCCNC(=O)C1(NC(=O)Cc2coc3cc(C)ccc23)CCCCC1. The minimum atomic E-state index is -0.765. The molecule has 2 aromatic rings. The smallest absolute Gasteiger partial charge is 0.245 e. The standard InChI is InChI=1S/C22H30N2O3/c1-3-4-12-23-21(26)22(10-6-5-7-11-22)24-20(25)14-17-15-27-19-13-16(2)8-9-18(17)19/h8-9,13,15H,3-7,10-12,14H2,1-2H3,(H,23,26)(H,24,25). The first-order valence-electron chi connectivity index (χ1n) is 10.1. The molecule has 1 aliphatic carbocycles. The minimum Gasteiger partial charge on any atom is -0.464 e. The van der Waals surface area contributed by atoms with Gasteiger partial charge in [-0.2, -0.15) is 0 Å². The fourth-order valence-corrected chi connectivity index (χ4v) is 3.92. The van der Waals surface area contributed by atoms with Crippen molar-refractivity contribution in [3.8, 4) is 0 Å². The molecule has 1 aromatic heterocycles. The summed E-state index contributed by atoms with van der Waals surface area (Å²) < 4.78 is 5.60. The Kier molecular flexibility index (Phi) is 6.19. The van der Waals surface area contributed by atoms with Crippen LogP contribution in [-0.2, 0) is 16.0 Å². The summed E-state index contributed by atoms with van der Waals surface area (Å²) in [5.74, 6) is -0.150. The molecule has 0 atom stereocenters. The van der Waals surface area contributed by atoms with E-state index < -0.39 is 5.54 Å². The molecule has 2 N–H and O–H groups in total. The van der Waals surface area contributed by atoms with Crippen molar-refractivity contribution in [1.82, 2.24) is 10.6 Å². The van der Waals surface area contributed by atoms with Gasteiger partial charge in [-0.25, -0.2) is 0 Å². The molecule has 5 heteroatoms. The normalized spacial score (nSPS) is 16.2. The highest BCUT2D eigenvalue weighted by atomic mass is 16.3. The Hall–Kier alpha value is -2.30. The molecule has 1 aliphatic rings. The lowest BCUT2D eigenvalue weighted by Gasteiger charge is -2.36. The summed E-state index contributed by atoms with van der Waals surface area (Å²) in [7, 11) is 0. The molecule has 1 aromatic carbocycles. The summed E-state index contributed by atoms with van der Waals surface area (Å²) in [5, 5.41) is 7.06. The Labute approximate surface area is 160 Å². The van der Waals surface area contributed by atoms with Gasteiger partial charge in [0, 0.05) is 17.5 Å². The van der Waals surface area contributed by atoms with Crippen LogP contribution in [0.15, 0.2) is 28.9 Å². The zero-order valence-corrected chi connectivity index (χ0v) is 16.4. The zero-order valence-electron chi connectivity index (χ0n) is 16.4. The average molecular weight is 370 g/mol. The number of carbonyl (C=O) groups is 2. The van der Waals surface area contributed by atoms with Gasteiger partial charge in [-0.3, -0.25) is 9.59 Å². The summed E-state index contributed by atoms with van der Waals surface area (Å²) in [6, 6.07) is 5.98. The number of furan rings is 1. The van der Waals surface area contributed by atoms with Crippen LogP contribution in [0.3, 0.4) is 0 Å². The first-order valence-corrected chi connectivity index (χ1v) is 10.1. The first-order chi connectivity index (χ1) is 13.0. The predicted octanol–water partition coefficient (Wildman–Crippen LogP) is 4.02. The number of hydrogen-bond donors (Lipinski definition) is 2. The molecule has 0 radical (unpaired) electrons. The van der Waals surface area contributed by atoms with Gasteiger partial charge in [0.2, 0.25) is 11.8 Å². The van der Waals surface area contributed by atoms with E-state index in [0.29, 0.717) is 19.4 Å². The van der Waals surface area contributed by atoms with E-state index in [1.54, 1.807) is 6.26 Å². The van der Waals surface area contributed by atoms with Gasteiger partial charge in [0.15, 0.2) is 0 Å². The van der Waals surface area contributed by atoms with Crippen molar-refractivity contribution in [1.29, 1.82) is 0 Å². The van der Waals surface area contributed by atoms with E-state index in [2.05, 4.69) is 17.6 Å². The number of rotatable bonds is 7. The summed E-state index contributed by atoms with van der Waals surface area (Å²) in [6.45, 7) is 4.78. The second-order valence-electron chi connectivity index (χ2n) is 7.74. The maximum atomic E-state index is 12.8. The fraction of sp³-hybridized carbons (Fsp3) is 0.545. The largest absolute Gasteiger partial charge is 0.464 e. The molecule has 0 spiro atoms. The van der Waals surface area contributed by atoms with Crippen LogP contribution in [0.5, 0.6) is 0 Å². The fourth-order valence-electron chi connectivity index (χ4n) is 3.92. The highest BCUT2D eigenvalue weighted by Crippen LogP contribution is 2.29. The van der Waals surface area contributed by atoms with E-state index in [0.717, 1.165) is 54.2 Å². The van der Waals surface area contributed by atoms with Gasteiger partial charge in [-0.05, 0) is 37.8 Å². The van der Waals surface area contributed by atoms with Gasteiger partial charge in [-0.1, -0.05) is 44.7 Å². The van der Waals surface area contributed by atoms with Crippen molar-refractivity contribution in [2.45, 2.75) is 70.8 Å². The molecule has 5 nitrogen and oxygen atoms in total. The van der Waals surface area contributed by atoms with Gasteiger partial charge in [-0.15, -0.1) is 0 Å². The molecular weight excluding hydrogens is 340 g/mol. The number of benzene rings is 1. The molecule has 0 unspecified atom stereocenters. The second kappa shape index (κ2) is 8.59. The van der Waals surface area contributed by atoms with E-state index in [1.165, 1.54) is 0 Å². The molecular formula is C22H30N2O3. The quantitative estimate of drug-likeness (QED) is 0.723. The van der Waals surface area contributed by atoms with Crippen LogP contribution in [0.2, 0.25) is 0 Å². The Morgan fingerprint density at radius 3 is 2.70 bits per heavy atom. The summed E-state index contributed by atoms with van der Waals surface area (Å²) in [4.78, 5) is 25.6. The maximum absolute atomic E-state index is 12.8. The van der Waals surface area contributed by atoms with Gasteiger partial charge in [0.05, 0.1) is 12.7 Å². The van der Waals surface area contributed by atoms with E-state index >= 15 is 0 Å². The maximum Gasteiger partial charge on any atom is 0.245 e. The van der Waals surface area contributed by atoms with Crippen LogP contribution < -0.4 is 10.6 Å². The topological polar surface area (TPSA) is 71.3 Å². The Balaban J connectivity index is 1.71. The Morgan fingerprint density at radius 2 is 1.96 bits per heavy atom. The summed E-state index contributed by atoms with van der Waals surface area (Å²) in [5.41, 5.74) is 2.01. The van der Waals surface area contributed by atoms with Crippen molar-refractivity contribution in [3.05, 3.63) is 35.6 Å². The number of hydrogen-bond acceptors (Lipinski definition) is 3. The van der Waals surface area contributed by atoms with Crippen LogP contribution in [0.4, 0.5) is 0 Å². The minimum absolute atomic E-state index is 0.0309. The first kappa shape index (κ1) is 19.5. The molecule has 3 rings (SSSR count). The number of nitrogens with one attached hydrogen (secondary N) is 2. The molecule has 2 amide bonds. The third-order valence-electron chi connectivity index (χ3n) is 5.50. The van der Waals surface area contributed by atoms with Gasteiger partial charge in [0.1, 0.15) is 11.1 Å². The monoisotopic (exact) mass is 370 g/mol.